The molecule has 0 saturated heterocycles. The monoisotopic (exact) mass is 432 g/mol. The molecular formula is C22H25FN2O6. The van der Waals surface area contributed by atoms with Crippen molar-refractivity contribution in [2.75, 3.05) is 25.6 Å². The van der Waals surface area contributed by atoms with Gasteiger partial charge in [0.05, 0.1) is 12.7 Å². The first-order valence-corrected chi connectivity index (χ1v) is 9.65. The molecule has 0 aliphatic carbocycles. The van der Waals surface area contributed by atoms with Gasteiger partial charge in [-0.2, -0.15) is 0 Å². The second-order valence-electron chi connectivity index (χ2n) is 6.66. The lowest BCUT2D eigenvalue weighted by atomic mass is 10.2. The molecule has 2 amide bonds. The number of esters is 1. The van der Waals surface area contributed by atoms with Gasteiger partial charge in [-0.1, -0.05) is 6.92 Å². The molecule has 0 fully saturated rings. The molecule has 2 aromatic rings. The molecule has 0 aromatic heterocycles. The normalized spacial score (nSPS) is 11.2. The number of hydrogen-bond donors (Lipinski definition) is 2. The fraction of sp³-hybridized carbons (Fsp3) is 0.318. The number of benzene rings is 2. The molecule has 2 rings (SSSR count). The van der Waals surface area contributed by atoms with E-state index in [9.17, 15) is 18.8 Å². The molecule has 166 valence electrons. The number of carbonyl (C=O) groups is 3. The summed E-state index contributed by atoms with van der Waals surface area (Å²) in [7, 11) is 1.38. The first-order valence-electron chi connectivity index (χ1n) is 9.65. The summed E-state index contributed by atoms with van der Waals surface area (Å²) in [4.78, 5) is 35.9. The Hall–Kier alpha value is -3.62. The smallest absolute Gasteiger partial charge is 0.338 e. The number of rotatable bonds is 10. The van der Waals surface area contributed by atoms with Crippen LogP contribution in [0.5, 0.6) is 11.5 Å². The van der Waals surface area contributed by atoms with E-state index in [1.54, 1.807) is 0 Å². The Kier molecular flexibility index (Phi) is 8.80. The molecule has 0 saturated carbocycles. The van der Waals surface area contributed by atoms with Crippen LogP contribution in [0, 0.1) is 5.82 Å². The van der Waals surface area contributed by atoms with Gasteiger partial charge in [-0.05, 0) is 55.8 Å². The minimum Gasteiger partial charge on any atom is -0.493 e. The quantitative estimate of drug-likeness (QED) is 0.560. The average Bonchev–Trinajstić information content (AvgIpc) is 2.77. The minimum absolute atomic E-state index is 0.0111. The van der Waals surface area contributed by atoms with Gasteiger partial charge in [-0.25, -0.2) is 9.18 Å². The third-order valence-corrected chi connectivity index (χ3v) is 4.24. The number of nitrogens with one attached hydrogen (secondary N) is 2. The van der Waals surface area contributed by atoms with Crippen LogP contribution in [0.3, 0.4) is 0 Å². The maximum Gasteiger partial charge on any atom is 0.338 e. The molecule has 1 atom stereocenters. The van der Waals surface area contributed by atoms with Crippen molar-refractivity contribution in [3.05, 3.63) is 53.8 Å². The van der Waals surface area contributed by atoms with Crippen molar-refractivity contribution >= 4 is 23.5 Å². The van der Waals surface area contributed by atoms with Crippen LogP contribution in [-0.4, -0.2) is 44.1 Å². The molecule has 8 nitrogen and oxygen atoms in total. The van der Waals surface area contributed by atoms with Crippen LogP contribution in [0.2, 0.25) is 0 Å². The van der Waals surface area contributed by atoms with Gasteiger partial charge < -0.3 is 24.8 Å². The SMILES string of the molecule is CCC(C)NC(=O)COC(=O)c1ccc(OCC(=O)Nc2ccc(F)cc2)c(OC)c1. The molecular weight excluding hydrogens is 407 g/mol. The number of hydrogen-bond acceptors (Lipinski definition) is 6. The van der Waals surface area contributed by atoms with Crippen LogP contribution in [0.25, 0.3) is 0 Å². The fourth-order valence-corrected chi connectivity index (χ4v) is 2.42. The first-order chi connectivity index (χ1) is 14.8. The summed E-state index contributed by atoms with van der Waals surface area (Å²) in [6.07, 6.45) is 0.764. The molecule has 0 heterocycles. The molecule has 0 spiro atoms. The minimum atomic E-state index is -0.696. The Morgan fingerprint density at radius 3 is 2.35 bits per heavy atom. The topological polar surface area (TPSA) is 103 Å². The Morgan fingerprint density at radius 2 is 1.71 bits per heavy atom. The Labute approximate surface area is 179 Å². The second-order valence-corrected chi connectivity index (χ2v) is 6.66. The Bertz CT molecular complexity index is 917. The second kappa shape index (κ2) is 11.5. The van der Waals surface area contributed by atoms with Gasteiger partial charge in [0.15, 0.2) is 24.7 Å². The van der Waals surface area contributed by atoms with E-state index in [1.807, 2.05) is 13.8 Å². The zero-order valence-corrected chi connectivity index (χ0v) is 17.6. The van der Waals surface area contributed by atoms with Crippen molar-refractivity contribution in [2.45, 2.75) is 26.3 Å². The molecule has 31 heavy (non-hydrogen) atoms. The van der Waals surface area contributed by atoms with Gasteiger partial charge in [0.1, 0.15) is 5.82 Å². The van der Waals surface area contributed by atoms with Crippen LogP contribution < -0.4 is 20.1 Å². The standard InChI is InChI=1S/C22H25FN2O6/c1-4-14(2)24-20(26)13-31-22(28)15-5-10-18(19(11-15)29-3)30-12-21(27)25-17-8-6-16(23)7-9-17/h5-11,14H,4,12-13H2,1-3H3,(H,24,26)(H,25,27). The number of halogens is 1. The lowest BCUT2D eigenvalue weighted by Crippen LogP contribution is -2.35. The summed E-state index contributed by atoms with van der Waals surface area (Å²) in [6, 6.07) is 9.58. The third kappa shape index (κ3) is 7.61. The molecule has 0 aliphatic rings. The molecule has 0 radical (unpaired) electrons. The highest BCUT2D eigenvalue weighted by Gasteiger charge is 2.15. The predicted molar refractivity (Wildman–Crippen MR) is 112 cm³/mol. The predicted octanol–water partition coefficient (Wildman–Crippen LogP) is 2.92. The molecule has 0 aliphatic heterocycles. The molecule has 2 aromatic carbocycles. The zero-order chi connectivity index (χ0) is 22.8. The van der Waals surface area contributed by atoms with E-state index in [0.29, 0.717) is 5.69 Å². The van der Waals surface area contributed by atoms with Crippen LogP contribution >= 0.6 is 0 Å². The maximum atomic E-state index is 12.9. The van der Waals surface area contributed by atoms with Gasteiger partial charge in [0.2, 0.25) is 0 Å². The van der Waals surface area contributed by atoms with Gasteiger partial charge in [0.25, 0.3) is 11.8 Å². The summed E-state index contributed by atoms with van der Waals surface area (Å²) in [6.45, 7) is 3.06. The first kappa shape index (κ1) is 23.7. The summed E-state index contributed by atoms with van der Waals surface area (Å²) < 4.78 is 28.6. The average molecular weight is 432 g/mol. The van der Waals surface area contributed by atoms with Crippen LogP contribution in [0.1, 0.15) is 30.6 Å². The van der Waals surface area contributed by atoms with Gasteiger partial charge in [-0.3, -0.25) is 9.59 Å². The number of anilines is 1. The van der Waals surface area contributed by atoms with E-state index in [-0.39, 0.29) is 35.6 Å². The summed E-state index contributed by atoms with van der Waals surface area (Å²) in [5, 5.41) is 5.27. The molecule has 1 unspecified atom stereocenters. The highest BCUT2D eigenvalue weighted by Crippen LogP contribution is 2.28. The van der Waals surface area contributed by atoms with Gasteiger partial charge in [-0.15, -0.1) is 0 Å². The van der Waals surface area contributed by atoms with Crippen molar-refractivity contribution < 1.29 is 33.0 Å². The Morgan fingerprint density at radius 1 is 1.00 bits per heavy atom. The van der Waals surface area contributed by atoms with Gasteiger partial charge in [0, 0.05) is 11.7 Å². The van der Waals surface area contributed by atoms with E-state index in [2.05, 4.69) is 10.6 Å². The van der Waals surface area contributed by atoms with E-state index in [1.165, 1.54) is 49.6 Å². The van der Waals surface area contributed by atoms with Crippen molar-refractivity contribution in [2.24, 2.45) is 0 Å². The highest BCUT2D eigenvalue weighted by atomic mass is 19.1. The van der Waals surface area contributed by atoms with E-state index in [0.717, 1.165) is 6.42 Å². The van der Waals surface area contributed by atoms with Crippen molar-refractivity contribution in [3.63, 3.8) is 0 Å². The number of methoxy groups -OCH3 is 1. The van der Waals surface area contributed by atoms with Crippen molar-refractivity contribution in [3.8, 4) is 11.5 Å². The number of carbonyl (C=O) groups excluding carboxylic acids is 3. The summed E-state index contributed by atoms with van der Waals surface area (Å²) in [5.74, 6) is -1.49. The van der Waals surface area contributed by atoms with Gasteiger partial charge >= 0.3 is 5.97 Å². The maximum absolute atomic E-state index is 12.9. The largest absolute Gasteiger partial charge is 0.493 e. The molecule has 0 bridgehead atoms. The summed E-state index contributed by atoms with van der Waals surface area (Å²) >= 11 is 0. The van der Waals surface area contributed by atoms with Crippen molar-refractivity contribution in [1.82, 2.24) is 5.32 Å². The van der Waals surface area contributed by atoms with Crippen molar-refractivity contribution in [1.29, 1.82) is 0 Å². The van der Waals surface area contributed by atoms with E-state index in [4.69, 9.17) is 14.2 Å². The zero-order valence-electron chi connectivity index (χ0n) is 17.6. The summed E-state index contributed by atoms with van der Waals surface area (Å²) in [5.41, 5.74) is 0.591. The van der Waals surface area contributed by atoms with E-state index >= 15 is 0 Å². The molecule has 9 heteroatoms. The van der Waals surface area contributed by atoms with E-state index < -0.39 is 24.3 Å². The number of amides is 2. The lowest BCUT2D eigenvalue weighted by Gasteiger charge is -2.13. The highest BCUT2D eigenvalue weighted by molar-refractivity contribution is 5.93. The fourth-order valence-electron chi connectivity index (χ4n) is 2.42. The lowest BCUT2D eigenvalue weighted by molar-refractivity contribution is -0.124. The Balaban J connectivity index is 1.91. The third-order valence-electron chi connectivity index (χ3n) is 4.24. The molecule has 2 N–H and O–H groups in total. The van der Waals surface area contributed by atoms with Crippen LogP contribution in [-0.2, 0) is 14.3 Å². The van der Waals surface area contributed by atoms with Crippen LogP contribution in [0.15, 0.2) is 42.5 Å². The van der Waals surface area contributed by atoms with Crippen LogP contribution in [0.4, 0.5) is 10.1 Å². The number of ether oxygens (including phenoxy) is 3.